The summed E-state index contributed by atoms with van der Waals surface area (Å²) in [6.45, 7) is 0. The molecule has 6 nitrogen and oxygen atoms in total. The molecule has 0 aliphatic heterocycles. The Morgan fingerprint density at radius 2 is 0.878 bits per heavy atom. The lowest BCUT2D eigenvalue weighted by atomic mass is 10.9. The van der Waals surface area contributed by atoms with Gasteiger partial charge in [0.1, 0.15) is 0 Å². The van der Waals surface area contributed by atoms with E-state index in [0.29, 0.717) is 38.3 Å². The fourth-order valence-corrected chi connectivity index (χ4v) is 18.0. The molecule has 41 heavy (non-hydrogen) atoms. The van der Waals surface area contributed by atoms with E-state index in [2.05, 4.69) is 0 Å². The lowest BCUT2D eigenvalue weighted by molar-refractivity contribution is -0.109. The highest BCUT2D eigenvalue weighted by Gasteiger charge is 2.07. The fraction of sp³-hybridized carbons (Fsp3) is 0.905. The minimum Gasteiger partial charge on any atom is -0.386 e. The highest BCUT2D eigenvalue weighted by Crippen LogP contribution is 2.22. The topological polar surface area (TPSA) is 109 Å². The van der Waals surface area contributed by atoms with Crippen molar-refractivity contribution in [3.05, 3.63) is 0 Å². The van der Waals surface area contributed by atoms with Crippen LogP contribution in [0.5, 0.6) is 0 Å². The number of carbonyl (C=O) groups is 2. The standard InChI is InChI=1S/C21H40O6S14/c22-11-28-1-3-30-16-38-20(24)9-34-14-32-6-8-41(27)19-37-15-36-17-39-21(25)10-35-13-31-5-7-40(26)18-33-4-2-29-12-23/h22-23H,1-19H2. The van der Waals surface area contributed by atoms with Crippen LogP contribution in [0.25, 0.3) is 0 Å². The molecule has 244 valence electrons. The molecule has 0 aliphatic rings. The third-order valence-electron chi connectivity index (χ3n) is 3.81. The average Bonchev–Trinajstić information content (AvgIpc) is 2.96. The lowest BCUT2D eigenvalue weighted by Crippen LogP contribution is -2.04. The summed E-state index contributed by atoms with van der Waals surface area (Å²) in [6, 6.07) is 0. The number of aliphatic hydroxyl groups excluding tert-OH is 2. The fourth-order valence-electron chi connectivity index (χ4n) is 2.00. The van der Waals surface area contributed by atoms with Gasteiger partial charge in [0.2, 0.25) is 0 Å². The second-order valence-electron chi connectivity index (χ2n) is 6.96. The van der Waals surface area contributed by atoms with Gasteiger partial charge in [0.05, 0.1) is 33.6 Å². The van der Waals surface area contributed by atoms with Gasteiger partial charge in [-0.25, -0.2) is 0 Å². The van der Waals surface area contributed by atoms with Crippen molar-refractivity contribution in [1.29, 1.82) is 0 Å². The van der Waals surface area contributed by atoms with Gasteiger partial charge in [-0.1, -0.05) is 23.5 Å². The first-order chi connectivity index (χ1) is 20.0. The summed E-state index contributed by atoms with van der Waals surface area (Å²) in [5, 5.41) is 23.0. The van der Waals surface area contributed by atoms with Crippen molar-refractivity contribution in [2.45, 2.75) is 0 Å². The van der Waals surface area contributed by atoms with Crippen molar-refractivity contribution in [2.75, 3.05) is 105 Å². The quantitative estimate of drug-likeness (QED) is 0.0616. The monoisotopic (exact) mass is 836 g/mol. The number of carbonyl (C=O) groups excluding carboxylic acids is 2. The van der Waals surface area contributed by atoms with Gasteiger partial charge in [-0.2, -0.15) is 23.5 Å². The Kier molecular flexibility index (Phi) is 39.9. The molecule has 20 heteroatoms. The van der Waals surface area contributed by atoms with E-state index in [0.717, 1.165) is 54.9 Å². The molecule has 0 aliphatic carbocycles. The van der Waals surface area contributed by atoms with Crippen LogP contribution >= 0.6 is 141 Å². The molecule has 0 rings (SSSR count). The summed E-state index contributed by atoms with van der Waals surface area (Å²) in [4.78, 5) is 23.8. The molecule has 0 aromatic carbocycles. The highest BCUT2D eigenvalue weighted by molar-refractivity contribution is 8.29. The van der Waals surface area contributed by atoms with Crippen LogP contribution in [-0.4, -0.2) is 134 Å². The second-order valence-corrected chi connectivity index (χ2v) is 25.2. The van der Waals surface area contributed by atoms with E-state index in [-0.39, 0.29) is 22.1 Å². The molecule has 0 saturated heterocycles. The van der Waals surface area contributed by atoms with Crippen LogP contribution in [0.1, 0.15) is 0 Å². The first kappa shape index (κ1) is 44.8. The Morgan fingerprint density at radius 1 is 0.463 bits per heavy atom. The second kappa shape index (κ2) is 36.6. The predicted molar refractivity (Wildman–Crippen MR) is 214 cm³/mol. The van der Waals surface area contributed by atoms with Gasteiger partial charge in [0.25, 0.3) is 0 Å². The number of aliphatic hydroxyl groups is 2. The normalized spacial score (nSPS) is 12.9. The maximum Gasteiger partial charge on any atom is 0.199 e. The van der Waals surface area contributed by atoms with Gasteiger partial charge >= 0.3 is 0 Å². The van der Waals surface area contributed by atoms with Gasteiger partial charge in [-0.05, 0) is 0 Å². The lowest BCUT2D eigenvalue weighted by Gasteiger charge is -2.04. The average molecular weight is 837 g/mol. The minimum atomic E-state index is -0.851. The Labute approximate surface area is 302 Å². The Balaban J connectivity index is 3.41. The van der Waals surface area contributed by atoms with Gasteiger partial charge in [0, 0.05) is 93.0 Å². The zero-order chi connectivity index (χ0) is 30.2. The molecule has 0 amide bonds. The maximum atomic E-state index is 12.1. The number of hydrogen-bond donors (Lipinski definition) is 2. The summed E-state index contributed by atoms with van der Waals surface area (Å²) in [5.74, 6) is 7.95. The van der Waals surface area contributed by atoms with Crippen LogP contribution in [0.15, 0.2) is 0 Å². The van der Waals surface area contributed by atoms with Crippen molar-refractivity contribution >= 4 is 173 Å². The van der Waals surface area contributed by atoms with Crippen molar-refractivity contribution < 1.29 is 28.2 Å². The summed E-state index contributed by atoms with van der Waals surface area (Å²) >= 11 is 19.1. The molecule has 0 aromatic rings. The zero-order valence-corrected chi connectivity index (χ0v) is 34.1. The van der Waals surface area contributed by atoms with E-state index >= 15 is 0 Å². The smallest absolute Gasteiger partial charge is 0.199 e. The van der Waals surface area contributed by atoms with Gasteiger partial charge in [-0.15, -0.1) is 94.1 Å². The van der Waals surface area contributed by atoms with Crippen LogP contribution in [0.4, 0.5) is 0 Å². The first-order valence-corrected chi connectivity index (χ1v) is 28.5. The van der Waals surface area contributed by atoms with Gasteiger partial charge in [-0.3, -0.25) is 18.0 Å². The third-order valence-corrected chi connectivity index (χ3v) is 21.4. The molecule has 2 N–H and O–H groups in total. The third kappa shape index (κ3) is 36.4. The summed E-state index contributed by atoms with van der Waals surface area (Å²) in [6.07, 6.45) is 0. The van der Waals surface area contributed by atoms with Gasteiger partial charge in [0.15, 0.2) is 10.2 Å². The van der Waals surface area contributed by atoms with Crippen LogP contribution < -0.4 is 0 Å². The largest absolute Gasteiger partial charge is 0.386 e. The van der Waals surface area contributed by atoms with Crippen LogP contribution in [0, 0.1) is 0 Å². The summed E-state index contributed by atoms with van der Waals surface area (Å²) in [5.41, 5.74) is 0. The maximum absolute atomic E-state index is 12.1. The molecule has 0 bridgehead atoms. The molecular weight excluding hydrogens is 797 g/mol. The van der Waals surface area contributed by atoms with E-state index in [4.69, 9.17) is 10.2 Å². The van der Waals surface area contributed by atoms with Crippen LogP contribution in [0.3, 0.4) is 0 Å². The Bertz CT molecular complexity index is 679. The highest BCUT2D eigenvalue weighted by atomic mass is 32.3. The summed E-state index contributed by atoms with van der Waals surface area (Å²) in [7, 11) is -1.66. The van der Waals surface area contributed by atoms with Crippen LogP contribution in [0.2, 0.25) is 0 Å². The molecule has 0 radical (unpaired) electrons. The number of rotatable bonds is 32. The molecule has 0 aromatic heterocycles. The van der Waals surface area contributed by atoms with Gasteiger partial charge < -0.3 is 10.2 Å². The van der Waals surface area contributed by atoms with Crippen LogP contribution in [-0.2, 0) is 31.2 Å². The molecule has 0 spiro atoms. The van der Waals surface area contributed by atoms with E-state index in [1.165, 1.54) is 47.0 Å². The molecular formula is C21H40O6S14. The first-order valence-electron chi connectivity index (χ1n) is 12.0. The predicted octanol–water partition coefficient (Wildman–Crippen LogP) is 5.94. The van der Waals surface area contributed by atoms with E-state index < -0.39 is 21.6 Å². The van der Waals surface area contributed by atoms with E-state index in [9.17, 15) is 18.0 Å². The Hall–Kier alpha value is 3.76. The van der Waals surface area contributed by atoms with Crippen molar-refractivity contribution in [1.82, 2.24) is 0 Å². The van der Waals surface area contributed by atoms with Crippen molar-refractivity contribution in [3.8, 4) is 0 Å². The number of thioether (sulfide) groups is 12. The van der Waals surface area contributed by atoms with Crippen molar-refractivity contribution in [2.24, 2.45) is 0 Å². The molecule has 0 fully saturated rings. The zero-order valence-electron chi connectivity index (χ0n) is 22.7. The van der Waals surface area contributed by atoms with E-state index in [1.54, 1.807) is 94.1 Å². The molecule has 2 unspecified atom stereocenters. The Morgan fingerprint density at radius 3 is 1.41 bits per heavy atom. The minimum absolute atomic E-state index is 0.141. The number of hydrogen-bond acceptors (Lipinski definition) is 18. The van der Waals surface area contributed by atoms with Crippen molar-refractivity contribution in [3.63, 3.8) is 0 Å². The molecule has 2 atom stereocenters. The van der Waals surface area contributed by atoms with E-state index in [1.807, 2.05) is 0 Å². The summed E-state index contributed by atoms with van der Waals surface area (Å²) < 4.78 is 24.1. The molecule has 0 saturated carbocycles. The molecule has 0 heterocycles. The SMILES string of the molecule is O=C(CSCSCCS(=O)CSCSCSC(=O)CSCSCCS(=O)CSCCSCO)SCSCCSCO.